The maximum absolute atomic E-state index is 5.66. The first-order valence-corrected chi connectivity index (χ1v) is 6.43. The second kappa shape index (κ2) is 3.23. The monoisotopic (exact) mass is 194 g/mol. The molecule has 1 saturated heterocycles. The number of ether oxygens (including phenoxy) is 1. The maximum atomic E-state index is 5.66. The molecule has 3 rings (SSSR count). The standard InChI is InChI=1S/C13H22O/c1-13(10-5-3-2-4-6-10)8-7-11-12(9-13)14-11/h10-12H,2-9H2,1H3. The Kier molecular flexibility index (Phi) is 2.12. The average molecular weight is 194 g/mol. The number of epoxide rings is 1. The van der Waals surface area contributed by atoms with Crippen molar-refractivity contribution in [2.45, 2.75) is 70.5 Å². The average Bonchev–Trinajstić information content (AvgIpc) is 2.97. The van der Waals surface area contributed by atoms with E-state index < -0.39 is 0 Å². The Morgan fingerprint density at radius 1 is 1.00 bits per heavy atom. The van der Waals surface area contributed by atoms with Crippen molar-refractivity contribution >= 4 is 0 Å². The molecule has 14 heavy (non-hydrogen) atoms. The Hall–Kier alpha value is -0.0400. The number of hydrogen-bond acceptors (Lipinski definition) is 1. The van der Waals surface area contributed by atoms with Crippen LogP contribution in [0.4, 0.5) is 0 Å². The highest BCUT2D eigenvalue weighted by atomic mass is 16.6. The van der Waals surface area contributed by atoms with E-state index in [9.17, 15) is 0 Å². The van der Waals surface area contributed by atoms with Crippen molar-refractivity contribution in [3.05, 3.63) is 0 Å². The van der Waals surface area contributed by atoms with Crippen molar-refractivity contribution in [3.8, 4) is 0 Å². The van der Waals surface area contributed by atoms with Gasteiger partial charge < -0.3 is 4.74 Å². The van der Waals surface area contributed by atoms with Gasteiger partial charge in [-0.25, -0.2) is 0 Å². The zero-order valence-electron chi connectivity index (χ0n) is 9.30. The van der Waals surface area contributed by atoms with Gasteiger partial charge in [0.2, 0.25) is 0 Å². The molecule has 0 radical (unpaired) electrons. The van der Waals surface area contributed by atoms with Crippen LogP contribution in [0.3, 0.4) is 0 Å². The fourth-order valence-corrected chi connectivity index (χ4v) is 3.82. The van der Waals surface area contributed by atoms with Crippen LogP contribution in [0.2, 0.25) is 0 Å². The van der Waals surface area contributed by atoms with Crippen LogP contribution in [0.1, 0.15) is 58.3 Å². The molecule has 0 aromatic carbocycles. The molecule has 3 aliphatic rings. The molecule has 2 saturated carbocycles. The van der Waals surface area contributed by atoms with Crippen molar-refractivity contribution in [2.75, 3.05) is 0 Å². The Labute approximate surface area is 87.2 Å². The highest BCUT2D eigenvalue weighted by Crippen LogP contribution is 2.53. The minimum absolute atomic E-state index is 0.637. The molecule has 0 aromatic heterocycles. The number of rotatable bonds is 1. The van der Waals surface area contributed by atoms with E-state index in [-0.39, 0.29) is 0 Å². The molecule has 0 bridgehead atoms. The third-order valence-electron chi connectivity index (χ3n) is 4.95. The summed E-state index contributed by atoms with van der Waals surface area (Å²) in [5, 5.41) is 0. The second-order valence-electron chi connectivity index (χ2n) is 5.94. The van der Waals surface area contributed by atoms with Gasteiger partial charge in [-0.15, -0.1) is 0 Å². The summed E-state index contributed by atoms with van der Waals surface area (Å²) < 4.78 is 5.66. The van der Waals surface area contributed by atoms with Crippen LogP contribution >= 0.6 is 0 Å². The zero-order valence-corrected chi connectivity index (χ0v) is 9.30. The summed E-state index contributed by atoms with van der Waals surface area (Å²) in [5.41, 5.74) is 0.637. The highest BCUT2D eigenvalue weighted by molar-refractivity contribution is 4.99. The fourth-order valence-electron chi connectivity index (χ4n) is 3.82. The van der Waals surface area contributed by atoms with E-state index in [2.05, 4.69) is 6.92 Å². The first-order chi connectivity index (χ1) is 6.78. The Balaban J connectivity index is 1.67. The third-order valence-corrected chi connectivity index (χ3v) is 4.95. The van der Waals surface area contributed by atoms with Gasteiger partial charge >= 0.3 is 0 Å². The van der Waals surface area contributed by atoms with Crippen LogP contribution in [-0.2, 0) is 4.74 Å². The van der Waals surface area contributed by atoms with Crippen molar-refractivity contribution in [2.24, 2.45) is 11.3 Å². The van der Waals surface area contributed by atoms with Crippen LogP contribution in [-0.4, -0.2) is 12.2 Å². The molecule has 1 heterocycles. The summed E-state index contributed by atoms with van der Waals surface area (Å²) in [7, 11) is 0. The molecule has 1 heteroatoms. The van der Waals surface area contributed by atoms with Gasteiger partial charge in [-0.2, -0.15) is 0 Å². The minimum atomic E-state index is 0.637. The van der Waals surface area contributed by atoms with E-state index in [1.54, 1.807) is 0 Å². The van der Waals surface area contributed by atoms with E-state index in [1.807, 2.05) is 0 Å². The van der Waals surface area contributed by atoms with Gasteiger partial charge in [-0.3, -0.25) is 0 Å². The van der Waals surface area contributed by atoms with Gasteiger partial charge in [0, 0.05) is 0 Å². The molecule has 3 unspecified atom stereocenters. The number of fused-ring (bicyclic) bond motifs is 1. The summed E-state index contributed by atoms with van der Waals surface area (Å²) in [5.74, 6) is 1.02. The Bertz CT molecular complexity index is 219. The van der Waals surface area contributed by atoms with Crippen molar-refractivity contribution < 1.29 is 4.74 Å². The van der Waals surface area contributed by atoms with Gasteiger partial charge in [0.05, 0.1) is 12.2 Å². The van der Waals surface area contributed by atoms with E-state index in [1.165, 1.54) is 51.4 Å². The molecular weight excluding hydrogens is 172 g/mol. The van der Waals surface area contributed by atoms with Crippen LogP contribution < -0.4 is 0 Å². The van der Waals surface area contributed by atoms with E-state index in [4.69, 9.17) is 4.74 Å². The van der Waals surface area contributed by atoms with Crippen LogP contribution in [0.25, 0.3) is 0 Å². The van der Waals surface area contributed by atoms with E-state index in [0.717, 1.165) is 5.92 Å². The minimum Gasteiger partial charge on any atom is -0.370 e. The lowest BCUT2D eigenvalue weighted by Gasteiger charge is -2.41. The zero-order chi connectivity index (χ0) is 9.60. The first-order valence-electron chi connectivity index (χ1n) is 6.43. The van der Waals surface area contributed by atoms with E-state index in [0.29, 0.717) is 17.6 Å². The fraction of sp³-hybridized carbons (Fsp3) is 1.00. The lowest BCUT2D eigenvalue weighted by atomic mass is 9.63. The summed E-state index contributed by atoms with van der Waals surface area (Å²) in [6.45, 7) is 2.53. The molecule has 3 atom stereocenters. The van der Waals surface area contributed by atoms with Crippen molar-refractivity contribution in [3.63, 3.8) is 0 Å². The molecule has 3 fully saturated rings. The number of hydrogen-bond donors (Lipinski definition) is 0. The second-order valence-corrected chi connectivity index (χ2v) is 5.94. The third kappa shape index (κ3) is 1.50. The normalized spacial score (nSPS) is 48.6. The SMILES string of the molecule is CC1(C2CCCCC2)CCC2OC2C1. The molecule has 80 valence electrons. The molecular formula is C13H22O. The summed E-state index contributed by atoms with van der Waals surface area (Å²) in [6, 6.07) is 0. The molecule has 0 amide bonds. The molecule has 0 spiro atoms. The van der Waals surface area contributed by atoms with Crippen LogP contribution in [0.5, 0.6) is 0 Å². The van der Waals surface area contributed by atoms with E-state index >= 15 is 0 Å². The van der Waals surface area contributed by atoms with Crippen LogP contribution in [0, 0.1) is 11.3 Å². The molecule has 1 nitrogen and oxygen atoms in total. The Morgan fingerprint density at radius 3 is 2.50 bits per heavy atom. The topological polar surface area (TPSA) is 12.5 Å². The largest absolute Gasteiger partial charge is 0.370 e. The summed E-state index contributed by atoms with van der Waals surface area (Å²) in [6.07, 6.45) is 12.9. The van der Waals surface area contributed by atoms with Crippen molar-refractivity contribution in [1.29, 1.82) is 0 Å². The van der Waals surface area contributed by atoms with Crippen molar-refractivity contribution in [1.82, 2.24) is 0 Å². The van der Waals surface area contributed by atoms with Gasteiger partial charge in [-0.1, -0.05) is 26.2 Å². The van der Waals surface area contributed by atoms with Gasteiger partial charge in [0.1, 0.15) is 0 Å². The molecule has 0 aromatic rings. The summed E-state index contributed by atoms with van der Waals surface area (Å²) >= 11 is 0. The lowest BCUT2D eigenvalue weighted by Crippen LogP contribution is -2.34. The quantitative estimate of drug-likeness (QED) is 0.582. The molecule has 0 N–H and O–H groups in total. The molecule has 1 aliphatic heterocycles. The van der Waals surface area contributed by atoms with Gasteiger partial charge in [0.25, 0.3) is 0 Å². The summed E-state index contributed by atoms with van der Waals surface area (Å²) in [4.78, 5) is 0. The highest BCUT2D eigenvalue weighted by Gasteiger charge is 2.50. The lowest BCUT2D eigenvalue weighted by molar-refractivity contribution is 0.0964. The first kappa shape index (κ1) is 9.21. The van der Waals surface area contributed by atoms with Gasteiger partial charge in [-0.05, 0) is 43.4 Å². The Morgan fingerprint density at radius 2 is 1.79 bits per heavy atom. The van der Waals surface area contributed by atoms with Gasteiger partial charge in [0.15, 0.2) is 0 Å². The maximum Gasteiger partial charge on any atom is 0.0847 e. The molecule has 2 aliphatic carbocycles. The smallest absolute Gasteiger partial charge is 0.0847 e. The van der Waals surface area contributed by atoms with Crippen LogP contribution in [0.15, 0.2) is 0 Å². The predicted molar refractivity (Wildman–Crippen MR) is 57.2 cm³/mol. The predicted octanol–water partition coefficient (Wildman–Crippen LogP) is 3.52.